The van der Waals surface area contributed by atoms with Crippen LogP contribution in [0.4, 0.5) is 17.1 Å². The van der Waals surface area contributed by atoms with Crippen molar-refractivity contribution < 1.29 is 18.9 Å². The zero-order valence-corrected chi connectivity index (χ0v) is 25.6. The molecule has 226 valence electrons. The van der Waals surface area contributed by atoms with Gasteiger partial charge in [-0.25, -0.2) is 0 Å². The molecule has 0 unspecified atom stereocenters. The van der Waals surface area contributed by atoms with Crippen molar-refractivity contribution in [3.8, 4) is 11.5 Å². The highest BCUT2D eigenvalue weighted by Crippen LogP contribution is 2.26. The molecule has 43 heavy (non-hydrogen) atoms. The van der Waals surface area contributed by atoms with Crippen molar-refractivity contribution >= 4 is 17.1 Å². The Morgan fingerprint density at radius 1 is 0.698 bits per heavy atom. The summed E-state index contributed by atoms with van der Waals surface area (Å²) in [5.41, 5.74) is 7.11. The number of morpholine rings is 1. The average Bonchev–Trinajstić information content (AvgIpc) is 3.05. The van der Waals surface area contributed by atoms with Crippen LogP contribution in [0.2, 0.25) is 0 Å². The van der Waals surface area contributed by atoms with E-state index in [2.05, 4.69) is 87.5 Å². The monoisotopic (exact) mass is 581 g/mol. The number of hydrogen-bond acceptors (Lipinski definition) is 7. The summed E-state index contributed by atoms with van der Waals surface area (Å²) in [6.45, 7) is 6.46. The van der Waals surface area contributed by atoms with Gasteiger partial charge in [0.25, 0.3) is 0 Å². The predicted molar refractivity (Wildman–Crippen MR) is 175 cm³/mol. The van der Waals surface area contributed by atoms with E-state index in [0.717, 1.165) is 67.8 Å². The molecule has 7 nitrogen and oxygen atoms in total. The summed E-state index contributed by atoms with van der Waals surface area (Å²) in [6, 6.07) is 33.9. The smallest absolute Gasteiger partial charge is 0.121 e. The van der Waals surface area contributed by atoms with Gasteiger partial charge in [-0.1, -0.05) is 42.5 Å². The van der Waals surface area contributed by atoms with E-state index in [-0.39, 0.29) is 0 Å². The van der Waals surface area contributed by atoms with Crippen LogP contribution in [-0.2, 0) is 29.2 Å². The molecule has 0 amide bonds. The lowest BCUT2D eigenvalue weighted by molar-refractivity contribution is 0.0889. The van der Waals surface area contributed by atoms with Gasteiger partial charge in [0, 0.05) is 63.4 Å². The Hall–Kier alpha value is -4.20. The van der Waals surface area contributed by atoms with Crippen molar-refractivity contribution in [2.75, 3.05) is 75.4 Å². The highest BCUT2D eigenvalue weighted by atomic mass is 16.5. The van der Waals surface area contributed by atoms with Gasteiger partial charge in [-0.2, -0.15) is 0 Å². The van der Waals surface area contributed by atoms with Gasteiger partial charge in [0.05, 0.1) is 33.5 Å². The maximum atomic E-state index is 6.02. The second kappa shape index (κ2) is 15.3. The SMILES string of the molecule is COc1cccc(CN(Cc2cccc(N3CCOCC3)c2)c2cccc(COCCOc3cccc(N(C)C)c3)c2)c1. The van der Waals surface area contributed by atoms with E-state index in [1.165, 1.54) is 16.8 Å². The molecule has 4 aromatic carbocycles. The van der Waals surface area contributed by atoms with E-state index < -0.39 is 0 Å². The van der Waals surface area contributed by atoms with Gasteiger partial charge in [0.15, 0.2) is 0 Å². The van der Waals surface area contributed by atoms with Crippen molar-refractivity contribution in [2.24, 2.45) is 0 Å². The molecule has 1 aliphatic heterocycles. The van der Waals surface area contributed by atoms with Crippen LogP contribution >= 0.6 is 0 Å². The number of hydrogen-bond donors (Lipinski definition) is 0. The summed E-state index contributed by atoms with van der Waals surface area (Å²) in [4.78, 5) is 6.88. The van der Waals surface area contributed by atoms with Gasteiger partial charge in [0.2, 0.25) is 0 Å². The largest absolute Gasteiger partial charge is 0.497 e. The van der Waals surface area contributed by atoms with Crippen LogP contribution in [0.15, 0.2) is 97.1 Å². The van der Waals surface area contributed by atoms with Crippen molar-refractivity contribution in [3.05, 3.63) is 114 Å². The van der Waals surface area contributed by atoms with Crippen molar-refractivity contribution in [1.29, 1.82) is 0 Å². The maximum absolute atomic E-state index is 6.02. The van der Waals surface area contributed by atoms with Crippen LogP contribution in [0.25, 0.3) is 0 Å². The Kier molecular flexibility index (Phi) is 10.8. The minimum atomic E-state index is 0.498. The molecule has 1 saturated heterocycles. The fourth-order valence-corrected chi connectivity index (χ4v) is 5.23. The molecule has 0 aliphatic carbocycles. The summed E-state index contributed by atoms with van der Waals surface area (Å²) < 4.78 is 23.0. The Morgan fingerprint density at radius 2 is 1.37 bits per heavy atom. The molecule has 0 aromatic heterocycles. The van der Waals surface area contributed by atoms with Crippen LogP contribution in [-0.4, -0.2) is 60.7 Å². The fourth-order valence-electron chi connectivity index (χ4n) is 5.23. The third-order valence-corrected chi connectivity index (χ3v) is 7.54. The Bertz CT molecular complexity index is 1440. The van der Waals surface area contributed by atoms with Gasteiger partial charge >= 0.3 is 0 Å². The standard InChI is InChI=1S/C36H43N3O4/c1-37(2)32-11-7-15-36(25-32)43-21-20-42-28-31-10-5-13-34(23-31)39(27-30-9-6-14-35(24-30)40-3)26-29-8-4-12-33(22-29)38-16-18-41-19-17-38/h4-15,22-25H,16-21,26-28H2,1-3H3. The lowest BCUT2D eigenvalue weighted by atomic mass is 10.1. The van der Waals surface area contributed by atoms with E-state index in [0.29, 0.717) is 19.8 Å². The van der Waals surface area contributed by atoms with Crippen LogP contribution in [0.1, 0.15) is 16.7 Å². The molecule has 7 heteroatoms. The molecular formula is C36H43N3O4. The molecule has 0 N–H and O–H groups in total. The first kappa shape index (κ1) is 30.3. The summed E-state index contributed by atoms with van der Waals surface area (Å²) in [5.74, 6) is 1.72. The first-order valence-corrected chi connectivity index (χ1v) is 14.9. The molecule has 5 rings (SSSR count). The quantitative estimate of drug-likeness (QED) is 0.160. The summed E-state index contributed by atoms with van der Waals surface area (Å²) in [7, 11) is 5.76. The molecule has 0 spiro atoms. The van der Waals surface area contributed by atoms with Crippen LogP contribution < -0.4 is 24.2 Å². The predicted octanol–water partition coefficient (Wildman–Crippen LogP) is 6.40. The molecule has 4 aromatic rings. The van der Waals surface area contributed by atoms with Crippen LogP contribution in [0.3, 0.4) is 0 Å². The minimum Gasteiger partial charge on any atom is -0.497 e. The number of anilines is 3. The molecular weight excluding hydrogens is 538 g/mol. The second-order valence-corrected chi connectivity index (χ2v) is 10.9. The zero-order chi connectivity index (χ0) is 29.9. The number of nitrogens with zero attached hydrogens (tertiary/aromatic N) is 3. The van der Waals surface area contributed by atoms with Crippen molar-refractivity contribution in [2.45, 2.75) is 19.7 Å². The van der Waals surface area contributed by atoms with Gasteiger partial charge in [-0.05, 0) is 65.2 Å². The fraction of sp³-hybridized carbons (Fsp3) is 0.333. The third kappa shape index (κ3) is 8.89. The summed E-state index contributed by atoms with van der Waals surface area (Å²) >= 11 is 0. The maximum Gasteiger partial charge on any atom is 0.121 e. The first-order valence-electron chi connectivity index (χ1n) is 14.9. The van der Waals surface area contributed by atoms with E-state index in [9.17, 15) is 0 Å². The van der Waals surface area contributed by atoms with Crippen molar-refractivity contribution in [3.63, 3.8) is 0 Å². The van der Waals surface area contributed by atoms with Crippen molar-refractivity contribution in [1.82, 2.24) is 0 Å². The average molecular weight is 582 g/mol. The summed E-state index contributed by atoms with van der Waals surface area (Å²) in [5, 5.41) is 0. The molecule has 1 fully saturated rings. The number of methoxy groups -OCH3 is 1. The highest BCUT2D eigenvalue weighted by Gasteiger charge is 2.14. The zero-order valence-electron chi connectivity index (χ0n) is 25.6. The molecule has 0 bridgehead atoms. The Morgan fingerprint density at radius 3 is 2.16 bits per heavy atom. The molecule has 0 saturated carbocycles. The first-order chi connectivity index (χ1) is 21.1. The minimum absolute atomic E-state index is 0.498. The third-order valence-electron chi connectivity index (χ3n) is 7.54. The summed E-state index contributed by atoms with van der Waals surface area (Å²) in [6.07, 6.45) is 0. The normalized spacial score (nSPS) is 13.0. The number of ether oxygens (including phenoxy) is 4. The number of rotatable bonds is 14. The number of benzene rings is 4. The molecule has 0 atom stereocenters. The molecule has 1 aliphatic rings. The van der Waals surface area contributed by atoms with Crippen LogP contribution in [0, 0.1) is 0 Å². The Labute approximate surface area is 256 Å². The lowest BCUT2D eigenvalue weighted by Crippen LogP contribution is -2.36. The van der Waals surface area contributed by atoms with Gasteiger partial charge in [-0.15, -0.1) is 0 Å². The van der Waals surface area contributed by atoms with Crippen LogP contribution in [0.5, 0.6) is 11.5 Å². The highest BCUT2D eigenvalue weighted by molar-refractivity contribution is 5.53. The van der Waals surface area contributed by atoms with E-state index in [1.807, 2.05) is 38.4 Å². The molecule has 0 radical (unpaired) electrons. The Balaban J connectivity index is 1.25. The van der Waals surface area contributed by atoms with E-state index in [1.54, 1.807) is 7.11 Å². The van der Waals surface area contributed by atoms with Gasteiger partial charge in [-0.3, -0.25) is 0 Å². The topological polar surface area (TPSA) is 46.6 Å². The van der Waals surface area contributed by atoms with Gasteiger partial charge < -0.3 is 33.6 Å². The second-order valence-electron chi connectivity index (χ2n) is 10.9. The lowest BCUT2D eigenvalue weighted by Gasteiger charge is -2.30. The van der Waals surface area contributed by atoms with E-state index >= 15 is 0 Å². The van der Waals surface area contributed by atoms with Gasteiger partial charge in [0.1, 0.15) is 18.1 Å². The van der Waals surface area contributed by atoms with E-state index in [4.69, 9.17) is 18.9 Å². The molecule has 1 heterocycles.